The second kappa shape index (κ2) is 6.85. The molecular weight excluding hydrogens is 248 g/mol. The zero-order valence-corrected chi connectivity index (χ0v) is 12.0. The lowest BCUT2D eigenvalue weighted by atomic mass is 9.97. The van der Waals surface area contributed by atoms with Crippen LogP contribution < -0.4 is 0 Å². The molecule has 0 N–H and O–H groups in total. The van der Waals surface area contributed by atoms with Crippen molar-refractivity contribution in [3.63, 3.8) is 0 Å². The van der Waals surface area contributed by atoms with Crippen LogP contribution in [0, 0.1) is 0 Å². The van der Waals surface area contributed by atoms with Gasteiger partial charge >= 0.3 is 0 Å². The van der Waals surface area contributed by atoms with E-state index >= 15 is 0 Å². The lowest BCUT2D eigenvalue weighted by Crippen LogP contribution is -2.27. The molecule has 1 aromatic heterocycles. The number of carbonyl (C=O) groups excluding carboxylic acids is 1. The van der Waals surface area contributed by atoms with Crippen molar-refractivity contribution in [1.82, 2.24) is 9.88 Å². The third kappa shape index (κ3) is 3.92. The molecule has 2 rings (SSSR count). The van der Waals surface area contributed by atoms with Gasteiger partial charge in [-0.3, -0.25) is 9.78 Å². The number of hydrogen-bond acceptors (Lipinski definition) is 2. The number of hydrogen-bond donors (Lipinski definition) is 0. The highest BCUT2D eigenvalue weighted by atomic mass is 16.2. The van der Waals surface area contributed by atoms with Gasteiger partial charge in [0, 0.05) is 32.4 Å². The Kier molecular flexibility index (Phi) is 4.88. The van der Waals surface area contributed by atoms with Crippen molar-refractivity contribution in [2.75, 3.05) is 7.05 Å². The molecule has 0 aliphatic carbocycles. The quantitative estimate of drug-likeness (QED) is 0.834. The van der Waals surface area contributed by atoms with E-state index in [1.54, 1.807) is 17.3 Å². The minimum atomic E-state index is 0.165. The van der Waals surface area contributed by atoms with E-state index in [1.165, 1.54) is 5.56 Å². The first kappa shape index (κ1) is 14.3. The summed E-state index contributed by atoms with van der Waals surface area (Å²) < 4.78 is 0. The molecule has 3 nitrogen and oxygen atoms in total. The van der Waals surface area contributed by atoms with Gasteiger partial charge in [0.25, 0.3) is 0 Å². The van der Waals surface area contributed by atoms with Gasteiger partial charge in [-0.05, 0) is 29.2 Å². The Morgan fingerprint density at radius 2 is 1.80 bits per heavy atom. The van der Waals surface area contributed by atoms with Crippen molar-refractivity contribution in [3.05, 3.63) is 66.0 Å². The van der Waals surface area contributed by atoms with Gasteiger partial charge in [0.05, 0.1) is 0 Å². The first-order chi connectivity index (χ1) is 9.66. The predicted molar refractivity (Wildman–Crippen MR) is 80.2 cm³/mol. The molecule has 2 aromatic rings. The van der Waals surface area contributed by atoms with Crippen molar-refractivity contribution in [2.45, 2.75) is 25.8 Å². The first-order valence-electron chi connectivity index (χ1n) is 6.84. The minimum absolute atomic E-state index is 0.165. The molecule has 0 aliphatic heterocycles. The molecule has 1 heterocycles. The van der Waals surface area contributed by atoms with Crippen LogP contribution in [0.25, 0.3) is 0 Å². The van der Waals surface area contributed by atoms with Crippen LogP contribution >= 0.6 is 0 Å². The van der Waals surface area contributed by atoms with Crippen LogP contribution in [-0.2, 0) is 11.3 Å². The summed E-state index contributed by atoms with van der Waals surface area (Å²) in [5.41, 5.74) is 2.31. The molecule has 0 saturated heterocycles. The maximum atomic E-state index is 12.2. The first-order valence-corrected chi connectivity index (χ1v) is 6.84. The smallest absolute Gasteiger partial charge is 0.223 e. The lowest BCUT2D eigenvalue weighted by molar-refractivity contribution is -0.130. The molecule has 0 saturated carbocycles. The van der Waals surface area contributed by atoms with Gasteiger partial charge in [-0.2, -0.15) is 0 Å². The largest absolute Gasteiger partial charge is 0.341 e. The third-order valence-electron chi connectivity index (χ3n) is 3.44. The van der Waals surface area contributed by atoms with Crippen LogP contribution in [-0.4, -0.2) is 22.8 Å². The number of benzene rings is 1. The van der Waals surface area contributed by atoms with Gasteiger partial charge in [0.15, 0.2) is 0 Å². The summed E-state index contributed by atoms with van der Waals surface area (Å²) in [6.07, 6.45) is 4.03. The summed E-state index contributed by atoms with van der Waals surface area (Å²) in [6, 6.07) is 14.0. The van der Waals surface area contributed by atoms with Crippen molar-refractivity contribution >= 4 is 5.91 Å². The fraction of sp³-hybridized carbons (Fsp3) is 0.294. The Hall–Kier alpha value is -2.16. The van der Waals surface area contributed by atoms with E-state index in [0.29, 0.717) is 13.0 Å². The number of pyridine rings is 1. The summed E-state index contributed by atoms with van der Waals surface area (Å²) >= 11 is 0. The highest BCUT2D eigenvalue weighted by Crippen LogP contribution is 2.19. The monoisotopic (exact) mass is 268 g/mol. The summed E-state index contributed by atoms with van der Waals surface area (Å²) in [7, 11) is 1.85. The number of amides is 1. The second-order valence-electron chi connectivity index (χ2n) is 5.12. The Bertz CT molecular complexity index is 539. The van der Waals surface area contributed by atoms with Crippen LogP contribution in [0.15, 0.2) is 54.9 Å². The number of carbonyl (C=O) groups is 1. The van der Waals surface area contributed by atoms with Gasteiger partial charge in [0.1, 0.15) is 0 Å². The maximum absolute atomic E-state index is 12.2. The SMILES string of the molecule is CC(CC(=O)N(C)Cc1ccncc1)c1ccccc1. The van der Waals surface area contributed by atoms with Crippen molar-refractivity contribution < 1.29 is 4.79 Å². The van der Waals surface area contributed by atoms with E-state index in [9.17, 15) is 4.79 Å². The van der Waals surface area contributed by atoms with E-state index in [2.05, 4.69) is 24.0 Å². The molecule has 1 aromatic carbocycles. The van der Waals surface area contributed by atoms with Crippen LogP contribution in [0.4, 0.5) is 0 Å². The van der Waals surface area contributed by atoms with E-state index in [0.717, 1.165) is 5.56 Å². The van der Waals surface area contributed by atoms with Crippen LogP contribution in [0.3, 0.4) is 0 Å². The molecule has 3 heteroatoms. The summed E-state index contributed by atoms with van der Waals surface area (Å²) in [4.78, 5) is 18.0. The summed E-state index contributed by atoms with van der Waals surface area (Å²) in [5, 5.41) is 0. The van der Waals surface area contributed by atoms with Crippen LogP contribution in [0.5, 0.6) is 0 Å². The molecular formula is C17H20N2O. The minimum Gasteiger partial charge on any atom is -0.341 e. The number of aromatic nitrogens is 1. The Morgan fingerprint density at radius 3 is 2.45 bits per heavy atom. The molecule has 104 valence electrons. The van der Waals surface area contributed by atoms with Crippen molar-refractivity contribution in [1.29, 1.82) is 0 Å². The number of nitrogens with zero attached hydrogens (tertiary/aromatic N) is 2. The highest BCUT2D eigenvalue weighted by Gasteiger charge is 2.14. The fourth-order valence-corrected chi connectivity index (χ4v) is 2.17. The zero-order valence-electron chi connectivity index (χ0n) is 12.0. The average molecular weight is 268 g/mol. The lowest BCUT2D eigenvalue weighted by Gasteiger charge is -2.20. The molecule has 0 fully saturated rings. The second-order valence-corrected chi connectivity index (χ2v) is 5.12. The van der Waals surface area contributed by atoms with E-state index in [1.807, 2.05) is 37.4 Å². The van der Waals surface area contributed by atoms with Gasteiger partial charge in [0.2, 0.25) is 5.91 Å². The van der Waals surface area contributed by atoms with E-state index in [4.69, 9.17) is 0 Å². The molecule has 20 heavy (non-hydrogen) atoms. The molecule has 1 atom stereocenters. The fourth-order valence-electron chi connectivity index (χ4n) is 2.17. The molecule has 1 amide bonds. The van der Waals surface area contributed by atoms with Gasteiger partial charge in [-0.25, -0.2) is 0 Å². The van der Waals surface area contributed by atoms with Gasteiger partial charge in [-0.15, -0.1) is 0 Å². The molecule has 0 radical (unpaired) electrons. The standard InChI is InChI=1S/C17H20N2O/c1-14(16-6-4-3-5-7-16)12-17(20)19(2)13-15-8-10-18-11-9-15/h3-11,14H,12-13H2,1-2H3. The van der Waals surface area contributed by atoms with Crippen molar-refractivity contribution in [2.24, 2.45) is 0 Å². The van der Waals surface area contributed by atoms with Crippen molar-refractivity contribution in [3.8, 4) is 0 Å². The molecule has 0 bridgehead atoms. The molecule has 0 aliphatic rings. The van der Waals surface area contributed by atoms with Crippen LogP contribution in [0.1, 0.15) is 30.4 Å². The Labute approximate surface area is 120 Å². The normalized spacial score (nSPS) is 11.9. The molecule has 0 spiro atoms. The summed E-state index contributed by atoms with van der Waals surface area (Å²) in [6.45, 7) is 2.72. The third-order valence-corrected chi connectivity index (χ3v) is 3.44. The van der Waals surface area contributed by atoms with E-state index in [-0.39, 0.29) is 11.8 Å². The highest BCUT2D eigenvalue weighted by molar-refractivity contribution is 5.76. The van der Waals surface area contributed by atoms with Gasteiger partial charge in [-0.1, -0.05) is 37.3 Å². The Morgan fingerprint density at radius 1 is 1.15 bits per heavy atom. The topological polar surface area (TPSA) is 33.2 Å². The maximum Gasteiger partial charge on any atom is 0.223 e. The number of rotatable bonds is 5. The molecule has 1 unspecified atom stereocenters. The average Bonchev–Trinajstić information content (AvgIpc) is 2.49. The zero-order chi connectivity index (χ0) is 14.4. The van der Waals surface area contributed by atoms with Gasteiger partial charge < -0.3 is 4.90 Å². The summed E-state index contributed by atoms with van der Waals surface area (Å²) in [5.74, 6) is 0.404. The predicted octanol–water partition coefficient (Wildman–Crippen LogP) is 3.23. The Balaban J connectivity index is 1.91. The van der Waals surface area contributed by atoms with E-state index < -0.39 is 0 Å². The van der Waals surface area contributed by atoms with Crippen LogP contribution in [0.2, 0.25) is 0 Å².